The number of benzene rings is 1. The molecule has 1 aromatic rings. The molecule has 0 unspecified atom stereocenters. The number of carbonyl (C=O) groups is 3. The molecule has 1 fully saturated rings. The average Bonchev–Trinajstić information content (AvgIpc) is 2.88. The standard InChI is InChI=1S/C26H41N3O6S3/c1-26(2,3)38-37-16-19(27)23(30)28-14-18-10-11-21(34-15-17-8-6-5-7-9-17)22(35-18)24(31)29-20(25(32)33)12-13-36-4/h5-9,18-22H,10-16,27H2,1-4H3,(H,28,30)(H,29,31)(H,32,33)/t18-,19-,20-,21-,22-/m0/s1. The zero-order chi connectivity index (χ0) is 28.1. The number of amides is 2. The summed E-state index contributed by atoms with van der Waals surface area (Å²) in [7, 11) is 3.23. The van der Waals surface area contributed by atoms with Crippen molar-refractivity contribution in [2.24, 2.45) is 5.73 Å². The lowest BCUT2D eigenvalue weighted by molar-refractivity contribution is -0.169. The summed E-state index contributed by atoms with van der Waals surface area (Å²) in [6.07, 6.45) is 1.30. The molecule has 5 N–H and O–H groups in total. The van der Waals surface area contributed by atoms with Gasteiger partial charge >= 0.3 is 5.97 Å². The quantitative estimate of drug-likeness (QED) is 0.226. The number of carboxylic acid groups (broad SMARTS) is 1. The molecule has 1 aliphatic heterocycles. The van der Waals surface area contributed by atoms with E-state index in [-0.39, 0.29) is 17.2 Å². The molecule has 12 heteroatoms. The highest BCUT2D eigenvalue weighted by Gasteiger charge is 2.38. The summed E-state index contributed by atoms with van der Waals surface area (Å²) in [5.41, 5.74) is 7.01. The fourth-order valence-electron chi connectivity index (χ4n) is 3.65. The van der Waals surface area contributed by atoms with Crippen LogP contribution in [-0.2, 0) is 30.5 Å². The molecule has 1 saturated heterocycles. The normalized spacial score (nSPS) is 21.3. The Morgan fingerprint density at radius 2 is 1.92 bits per heavy atom. The lowest BCUT2D eigenvalue weighted by Gasteiger charge is -2.36. The first-order valence-corrected chi connectivity index (χ1v) is 16.4. The number of ether oxygens (including phenoxy) is 2. The highest BCUT2D eigenvalue weighted by molar-refractivity contribution is 8.77. The molecule has 1 heterocycles. The zero-order valence-electron chi connectivity index (χ0n) is 22.5. The van der Waals surface area contributed by atoms with E-state index in [2.05, 4.69) is 31.4 Å². The smallest absolute Gasteiger partial charge is 0.326 e. The Balaban J connectivity index is 1.98. The summed E-state index contributed by atoms with van der Waals surface area (Å²) >= 11 is 1.51. The van der Waals surface area contributed by atoms with Gasteiger partial charge in [-0.15, -0.1) is 0 Å². The van der Waals surface area contributed by atoms with Gasteiger partial charge in [-0.2, -0.15) is 11.8 Å². The van der Waals surface area contributed by atoms with Crippen molar-refractivity contribution in [2.45, 2.75) is 81.8 Å². The Morgan fingerprint density at radius 3 is 2.55 bits per heavy atom. The van der Waals surface area contributed by atoms with Crippen molar-refractivity contribution >= 4 is 51.1 Å². The van der Waals surface area contributed by atoms with Gasteiger partial charge in [0.05, 0.1) is 24.9 Å². The number of hydrogen-bond acceptors (Lipinski definition) is 9. The van der Waals surface area contributed by atoms with Crippen molar-refractivity contribution in [3.63, 3.8) is 0 Å². The van der Waals surface area contributed by atoms with Crippen LogP contribution in [0.4, 0.5) is 0 Å². The van der Waals surface area contributed by atoms with Gasteiger partial charge in [0.1, 0.15) is 6.04 Å². The summed E-state index contributed by atoms with van der Waals surface area (Å²) in [5, 5.41) is 15.0. The maximum absolute atomic E-state index is 13.2. The lowest BCUT2D eigenvalue weighted by atomic mass is 9.99. The van der Waals surface area contributed by atoms with Gasteiger partial charge in [0.15, 0.2) is 6.10 Å². The molecule has 0 bridgehead atoms. The first-order valence-electron chi connectivity index (χ1n) is 12.7. The Hall–Kier alpha value is -1.44. The van der Waals surface area contributed by atoms with Crippen LogP contribution in [0.3, 0.4) is 0 Å². The number of carboxylic acids is 1. The molecule has 38 heavy (non-hydrogen) atoms. The van der Waals surface area contributed by atoms with E-state index in [0.717, 1.165) is 5.56 Å². The molecule has 0 spiro atoms. The average molecular weight is 588 g/mol. The third-order valence-electron chi connectivity index (χ3n) is 5.64. The van der Waals surface area contributed by atoms with Gasteiger partial charge < -0.3 is 30.9 Å². The second-order valence-corrected chi connectivity index (χ2v) is 14.3. The minimum absolute atomic E-state index is 0.0700. The monoisotopic (exact) mass is 587 g/mol. The number of nitrogens with two attached hydrogens (primary N) is 1. The molecule has 1 aromatic carbocycles. The van der Waals surface area contributed by atoms with E-state index in [1.165, 1.54) is 11.8 Å². The first-order chi connectivity index (χ1) is 18.0. The van der Waals surface area contributed by atoms with Crippen molar-refractivity contribution in [2.75, 3.05) is 24.3 Å². The third-order valence-corrected chi connectivity index (χ3v) is 9.66. The largest absolute Gasteiger partial charge is 0.480 e. The van der Waals surface area contributed by atoms with Gasteiger partial charge in [-0.05, 0) is 36.8 Å². The Labute approximate surface area is 237 Å². The van der Waals surface area contributed by atoms with Crippen molar-refractivity contribution < 1.29 is 29.0 Å². The molecule has 0 radical (unpaired) electrons. The molecule has 2 amide bonds. The fraction of sp³-hybridized carbons (Fsp3) is 0.654. The maximum atomic E-state index is 13.2. The topological polar surface area (TPSA) is 140 Å². The zero-order valence-corrected chi connectivity index (χ0v) is 25.0. The molecule has 0 saturated carbocycles. The second kappa shape index (κ2) is 16.6. The summed E-state index contributed by atoms with van der Waals surface area (Å²) in [4.78, 5) is 37.4. The predicted octanol–water partition coefficient (Wildman–Crippen LogP) is 3.07. The van der Waals surface area contributed by atoms with E-state index in [9.17, 15) is 19.5 Å². The number of rotatable bonds is 15. The SMILES string of the molecule is CSCC[C@H](NC(=O)[C@H]1O[C@H](CNC(=O)[C@@H](N)CSSC(C)(C)C)CC[C@@H]1OCc1ccccc1)C(=O)O. The van der Waals surface area contributed by atoms with Crippen LogP contribution in [0.2, 0.25) is 0 Å². The fourth-order valence-corrected chi connectivity index (χ4v) is 6.54. The number of hydrogen-bond donors (Lipinski definition) is 4. The molecular weight excluding hydrogens is 547 g/mol. The lowest BCUT2D eigenvalue weighted by Crippen LogP contribution is -2.55. The van der Waals surface area contributed by atoms with Gasteiger partial charge in [-0.3, -0.25) is 9.59 Å². The van der Waals surface area contributed by atoms with Gasteiger partial charge in [-0.25, -0.2) is 4.79 Å². The van der Waals surface area contributed by atoms with Crippen LogP contribution in [0.5, 0.6) is 0 Å². The van der Waals surface area contributed by atoms with E-state index in [1.54, 1.807) is 21.6 Å². The number of thioether (sulfide) groups is 1. The van der Waals surface area contributed by atoms with Crippen molar-refractivity contribution in [1.29, 1.82) is 0 Å². The van der Waals surface area contributed by atoms with Crippen LogP contribution in [0.25, 0.3) is 0 Å². The third kappa shape index (κ3) is 12.2. The Bertz CT molecular complexity index is 887. The van der Waals surface area contributed by atoms with Crippen molar-refractivity contribution in [3.8, 4) is 0 Å². The molecule has 0 aromatic heterocycles. The molecule has 1 aliphatic rings. The van der Waals surface area contributed by atoms with Crippen LogP contribution in [0.15, 0.2) is 30.3 Å². The van der Waals surface area contributed by atoms with Crippen LogP contribution in [0.1, 0.15) is 45.6 Å². The van der Waals surface area contributed by atoms with Gasteiger partial charge in [0.2, 0.25) is 5.91 Å². The minimum atomic E-state index is -1.09. The molecule has 5 atom stereocenters. The predicted molar refractivity (Wildman–Crippen MR) is 156 cm³/mol. The summed E-state index contributed by atoms with van der Waals surface area (Å²) in [6.45, 7) is 6.80. The van der Waals surface area contributed by atoms with Crippen LogP contribution in [-0.4, -0.2) is 82.3 Å². The second-order valence-electron chi connectivity index (χ2n) is 10.1. The van der Waals surface area contributed by atoms with Crippen molar-refractivity contribution in [3.05, 3.63) is 35.9 Å². The minimum Gasteiger partial charge on any atom is -0.480 e. The number of aliphatic carboxylic acids is 1. The van der Waals surface area contributed by atoms with E-state index >= 15 is 0 Å². The van der Waals surface area contributed by atoms with Crippen LogP contribution < -0.4 is 16.4 Å². The van der Waals surface area contributed by atoms with E-state index < -0.39 is 42.3 Å². The molecule has 9 nitrogen and oxygen atoms in total. The highest BCUT2D eigenvalue weighted by atomic mass is 33.1. The Morgan fingerprint density at radius 1 is 1.21 bits per heavy atom. The summed E-state index contributed by atoms with van der Waals surface area (Å²) in [6, 6.07) is 7.92. The van der Waals surface area contributed by atoms with E-state index in [0.29, 0.717) is 37.4 Å². The number of nitrogens with one attached hydrogen (secondary N) is 2. The summed E-state index contributed by atoms with van der Waals surface area (Å²) in [5.74, 6) is -0.822. The summed E-state index contributed by atoms with van der Waals surface area (Å²) < 4.78 is 12.2. The van der Waals surface area contributed by atoms with Crippen molar-refractivity contribution in [1.82, 2.24) is 10.6 Å². The van der Waals surface area contributed by atoms with Gasteiger partial charge in [0.25, 0.3) is 5.91 Å². The van der Waals surface area contributed by atoms with E-state index in [4.69, 9.17) is 15.2 Å². The molecular formula is C26H41N3O6S3. The van der Waals surface area contributed by atoms with Gasteiger partial charge in [-0.1, -0.05) is 72.7 Å². The number of carbonyl (C=O) groups excluding carboxylic acids is 2. The maximum Gasteiger partial charge on any atom is 0.326 e. The Kier molecular flexibility index (Phi) is 14.3. The molecule has 0 aliphatic carbocycles. The van der Waals surface area contributed by atoms with E-state index in [1.807, 2.05) is 36.6 Å². The van der Waals surface area contributed by atoms with Crippen LogP contribution in [0, 0.1) is 0 Å². The van der Waals surface area contributed by atoms with Gasteiger partial charge in [0, 0.05) is 17.0 Å². The molecule has 214 valence electrons. The molecule has 2 rings (SSSR count). The highest BCUT2D eigenvalue weighted by Crippen LogP contribution is 2.35. The first kappa shape index (κ1) is 32.8. The van der Waals surface area contributed by atoms with Crippen LogP contribution >= 0.6 is 33.3 Å².